The second-order valence-corrected chi connectivity index (χ2v) is 4.42. The van der Waals surface area contributed by atoms with Gasteiger partial charge in [0.2, 0.25) is 0 Å². The van der Waals surface area contributed by atoms with Gasteiger partial charge in [0.25, 0.3) is 0 Å². The molecule has 1 aromatic rings. The van der Waals surface area contributed by atoms with E-state index in [2.05, 4.69) is 15.2 Å². The van der Waals surface area contributed by atoms with Gasteiger partial charge in [-0.2, -0.15) is 0 Å². The van der Waals surface area contributed by atoms with Crippen LogP contribution in [0, 0.1) is 0 Å². The Balaban J connectivity index is 1.82. The molecule has 1 aromatic heterocycles. The Morgan fingerprint density at radius 2 is 2.16 bits per heavy atom. The number of hydrogen-bond acceptors (Lipinski definition) is 3. The Kier molecular flexibility index (Phi) is 4.78. The van der Waals surface area contributed by atoms with Gasteiger partial charge in [-0.25, -0.2) is 9.78 Å². The van der Waals surface area contributed by atoms with Crippen molar-refractivity contribution in [3.05, 3.63) is 36.7 Å². The van der Waals surface area contributed by atoms with Crippen LogP contribution >= 0.6 is 0 Å². The molecule has 2 rings (SSSR count). The number of aromatic nitrogens is 1. The van der Waals surface area contributed by atoms with Gasteiger partial charge in [-0.1, -0.05) is 19.1 Å². The number of nitrogens with one attached hydrogen (secondary N) is 1. The second-order valence-electron chi connectivity index (χ2n) is 4.42. The van der Waals surface area contributed by atoms with E-state index in [0.717, 1.165) is 38.4 Å². The van der Waals surface area contributed by atoms with Gasteiger partial charge in [0, 0.05) is 38.6 Å². The highest BCUT2D eigenvalue weighted by molar-refractivity contribution is 5.75. The fourth-order valence-electron chi connectivity index (χ4n) is 2.02. The van der Waals surface area contributed by atoms with Crippen LogP contribution in [0.3, 0.4) is 0 Å². The molecule has 1 N–H and O–H groups in total. The van der Waals surface area contributed by atoms with Crippen molar-refractivity contribution in [3.63, 3.8) is 0 Å². The van der Waals surface area contributed by atoms with Crippen molar-refractivity contribution < 1.29 is 4.79 Å². The summed E-state index contributed by atoms with van der Waals surface area (Å²) in [5, 5.41) is 2.78. The maximum atomic E-state index is 11.8. The van der Waals surface area contributed by atoms with E-state index < -0.39 is 0 Å². The molecule has 1 saturated heterocycles. The van der Waals surface area contributed by atoms with Gasteiger partial charge in [-0.15, -0.1) is 0 Å². The third-order valence-electron chi connectivity index (χ3n) is 3.10. The summed E-state index contributed by atoms with van der Waals surface area (Å²) < 4.78 is 0. The van der Waals surface area contributed by atoms with Crippen molar-refractivity contribution in [2.75, 3.05) is 31.1 Å². The standard InChI is InChI=1S/C14H20N4O/c1-2-3-7-16-14(19)18-11-9-17(10-12-18)13-6-4-5-8-15-13/h3-8H,2,9-12H2,1H3,(H,16,19)/b7-3+. The molecule has 102 valence electrons. The first kappa shape index (κ1) is 13.4. The summed E-state index contributed by atoms with van der Waals surface area (Å²) in [6, 6.07) is 5.87. The molecule has 19 heavy (non-hydrogen) atoms. The largest absolute Gasteiger partial charge is 0.353 e. The molecule has 0 atom stereocenters. The SMILES string of the molecule is CC/C=C/NC(=O)N1CCN(c2ccccn2)CC1. The summed E-state index contributed by atoms with van der Waals surface area (Å²) in [4.78, 5) is 20.2. The number of rotatable bonds is 3. The summed E-state index contributed by atoms with van der Waals surface area (Å²) in [5.74, 6) is 0.980. The van der Waals surface area contributed by atoms with Gasteiger partial charge in [0.1, 0.15) is 5.82 Å². The molecule has 1 fully saturated rings. The number of urea groups is 1. The predicted octanol–water partition coefficient (Wildman–Crippen LogP) is 1.84. The Morgan fingerprint density at radius 1 is 1.37 bits per heavy atom. The van der Waals surface area contributed by atoms with E-state index in [0.29, 0.717) is 0 Å². The van der Waals surface area contributed by atoms with Gasteiger partial charge in [-0.05, 0) is 18.6 Å². The average Bonchev–Trinajstić information content (AvgIpc) is 2.48. The summed E-state index contributed by atoms with van der Waals surface area (Å²) in [7, 11) is 0. The van der Waals surface area contributed by atoms with Crippen LogP contribution in [0.25, 0.3) is 0 Å². The lowest BCUT2D eigenvalue weighted by atomic mass is 10.3. The molecular formula is C14H20N4O. The smallest absolute Gasteiger partial charge is 0.321 e. The summed E-state index contributed by atoms with van der Waals surface area (Å²) in [6.45, 7) is 5.13. The number of pyridine rings is 1. The highest BCUT2D eigenvalue weighted by Crippen LogP contribution is 2.12. The van der Waals surface area contributed by atoms with E-state index in [4.69, 9.17) is 0 Å². The summed E-state index contributed by atoms with van der Waals surface area (Å²) in [6.07, 6.45) is 6.37. The van der Waals surface area contributed by atoms with E-state index in [1.807, 2.05) is 36.1 Å². The minimum atomic E-state index is -0.0228. The van der Waals surface area contributed by atoms with Crippen LogP contribution in [0.5, 0.6) is 0 Å². The third kappa shape index (κ3) is 3.71. The van der Waals surface area contributed by atoms with Crippen molar-refractivity contribution >= 4 is 11.8 Å². The fraction of sp³-hybridized carbons (Fsp3) is 0.429. The van der Waals surface area contributed by atoms with Gasteiger partial charge >= 0.3 is 6.03 Å². The molecule has 0 bridgehead atoms. The Bertz CT molecular complexity index is 424. The number of hydrogen-bond donors (Lipinski definition) is 1. The van der Waals surface area contributed by atoms with Crippen LogP contribution in [-0.2, 0) is 0 Å². The Morgan fingerprint density at radius 3 is 2.79 bits per heavy atom. The van der Waals surface area contributed by atoms with Gasteiger partial charge in [0.15, 0.2) is 0 Å². The second kappa shape index (κ2) is 6.78. The highest BCUT2D eigenvalue weighted by Gasteiger charge is 2.20. The lowest BCUT2D eigenvalue weighted by Gasteiger charge is -2.35. The van der Waals surface area contributed by atoms with E-state index in [9.17, 15) is 4.79 Å². The predicted molar refractivity (Wildman–Crippen MR) is 76.0 cm³/mol. The zero-order chi connectivity index (χ0) is 13.5. The number of carbonyl (C=O) groups is 1. The quantitative estimate of drug-likeness (QED) is 0.902. The zero-order valence-corrected chi connectivity index (χ0v) is 11.2. The van der Waals surface area contributed by atoms with Crippen molar-refractivity contribution in [2.45, 2.75) is 13.3 Å². The zero-order valence-electron chi connectivity index (χ0n) is 11.2. The molecule has 0 unspecified atom stereocenters. The highest BCUT2D eigenvalue weighted by atomic mass is 16.2. The molecule has 0 spiro atoms. The Hall–Kier alpha value is -2.04. The first-order valence-electron chi connectivity index (χ1n) is 6.67. The van der Waals surface area contributed by atoms with Crippen molar-refractivity contribution in [2.24, 2.45) is 0 Å². The van der Waals surface area contributed by atoms with Crippen molar-refractivity contribution in [1.82, 2.24) is 15.2 Å². The normalized spacial score (nSPS) is 15.8. The molecule has 1 aliphatic rings. The number of piperazine rings is 1. The van der Waals surface area contributed by atoms with Crippen LogP contribution < -0.4 is 10.2 Å². The molecule has 2 amide bonds. The minimum absolute atomic E-state index is 0.0228. The number of nitrogens with zero attached hydrogens (tertiary/aromatic N) is 3. The molecule has 0 saturated carbocycles. The molecule has 0 aromatic carbocycles. The number of carbonyl (C=O) groups excluding carboxylic acids is 1. The molecule has 2 heterocycles. The van der Waals surface area contributed by atoms with Crippen LogP contribution in [0.15, 0.2) is 36.7 Å². The molecule has 5 heteroatoms. The van der Waals surface area contributed by atoms with E-state index >= 15 is 0 Å². The number of anilines is 1. The van der Waals surface area contributed by atoms with Gasteiger partial charge in [-0.3, -0.25) is 0 Å². The third-order valence-corrected chi connectivity index (χ3v) is 3.10. The molecular weight excluding hydrogens is 240 g/mol. The molecule has 0 aliphatic carbocycles. The average molecular weight is 260 g/mol. The van der Waals surface area contributed by atoms with E-state index in [-0.39, 0.29) is 6.03 Å². The maximum absolute atomic E-state index is 11.8. The summed E-state index contributed by atoms with van der Waals surface area (Å²) >= 11 is 0. The van der Waals surface area contributed by atoms with Crippen LogP contribution in [-0.4, -0.2) is 42.1 Å². The van der Waals surface area contributed by atoms with Gasteiger partial charge < -0.3 is 15.1 Å². The van der Waals surface area contributed by atoms with Crippen LogP contribution in [0.1, 0.15) is 13.3 Å². The Labute approximate surface area is 113 Å². The first-order valence-corrected chi connectivity index (χ1v) is 6.67. The minimum Gasteiger partial charge on any atom is -0.353 e. The van der Waals surface area contributed by atoms with Crippen molar-refractivity contribution in [3.8, 4) is 0 Å². The molecule has 5 nitrogen and oxygen atoms in total. The lowest BCUT2D eigenvalue weighted by Crippen LogP contribution is -2.51. The van der Waals surface area contributed by atoms with Crippen LogP contribution in [0.4, 0.5) is 10.6 Å². The summed E-state index contributed by atoms with van der Waals surface area (Å²) in [5.41, 5.74) is 0. The number of allylic oxidation sites excluding steroid dienone is 1. The fourth-order valence-corrected chi connectivity index (χ4v) is 2.02. The first-order chi connectivity index (χ1) is 9.31. The van der Waals surface area contributed by atoms with E-state index in [1.54, 1.807) is 12.4 Å². The monoisotopic (exact) mass is 260 g/mol. The van der Waals surface area contributed by atoms with Gasteiger partial charge in [0.05, 0.1) is 0 Å². The lowest BCUT2D eigenvalue weighted by molar-refractivity contribution is 0.198. The van der Waals surface area contributed by atoms with Crippen molar-refractivity contribution in [1.29, 1.82) is 0 Å². The topological polar surface area (TPSA) is 48.5 Å². The van der Waals surface area contributed by atoms with Crippen LogP contribution in [0.2, 0.25) is 0 Å². The van der Waals surface area contributed by atoms with E-state index in [1.165, 1.54) is 0 Å². The molecule has 0 radical (unpaired) electrons. The number of amides is 2. The molecule has 1 aliphatic heterocycles. The maximum Gasteiger partial charge on any atom is 0.321 e.